The van der Waals surface area contributed by atoms with Gasteiger partial charge in [-0.3, -0.25) is 4.68 Å². The van der Waals surface area contributed by atoms with Crippen molar-refractivity contribution in [2.75, 3.05) is 17.7 Å². The number of nitrogen functional groups attached to an aromatic ring is 1. The third-order valence-corrected chi connectivity index (χ3v) is 2.37. The summed E-state index contributed by atoms with van der Waals surface area (Å²) in [5.41, 5.74) is 7.07. The van der Waals surface area contributed by atoms with Crippen molar-refractivity contribution in [3.63, 3.8) is 0 Å². The zero-order valence-electron chi connectivity index (χ0n) is 10.8. The Hall–Kier alpha value is -2.57. The second kappa shape index (κ2) is 5.38. The molecule has 0 amide bonds. The van der Waals surface area contributed by atoms with Crippen LogP contribution in [0.4, 0.5) is 17.2 Å². The minimum atomic E-state index is -0.464. The summed E-state index contributed by atoms with van der Waals surface area (Å²) < 4.78 is 6.61. The quantitative estimate of drug-likeness (QED) is 0.806. The van der Waals surface area contributed by atoms with Gasteiger partial charge in [0.05, 0.1) is 30.4 Å². The lowest BCUT2D eigenvalue weighted by atomic mass is 10.2. The van der Waals surface area contributed by atoms with E-state index in [1.165, 1.54) is 12.3 Å². The van der Waals surface area contributed by atoms with Gasteiger partial charge < -0.3 is 15.8 Å². The number of esters is 1. The van der Waals surface area contributed by atoms with Crippen molar-refractivity contribution in [3.8, 4) is 0 Å². The lowest BCUT2D eigenvalue weighted by Gasteiger charge is -2.09. The molecule has 0 fully saturated rings. The van der Waals surface area contributed by atoms with Gasteiger partial charge in [-0.05, 0) is 13.0 Å². The fraction of sp³-hybridized carbons (Fsp3) is 0.250. The lowest BCUT2D eigenvalue weighted by Crippen LogP contribution is -2.10. The standard InChI is InChI=1S/C12H15N5O2/c1-3-19-12(18)10-4-8(13)5-14-11(10)16-9-6-15-17(2)7-9/h4-7H,3,13H2,1-2H3,(H,14,16). The number of anilines is 3. The van der Waals surface area contributed by atoms with E-state index in [4.69, 9.17) is 10.5 Å². The molecule has 7 nitrogen and oxygen atoms in total. The molecule has 0 saturated heterocycles. The molecular weight excluding hydrogens is 246 g/mol. The van der Waals surface area contributed by atoms with Crippen molar-refractivity contribution < 1.29 is 9.53 Å². The Morgan fingerprint density at radius 1 is 1.53 bits per heavy atom. The first-order chi connectivity index (χ1) is 9.10. The highest BCUT2D eigenvalue weighted by Gasteiger charge is 2.15. The van der Waals surface area contributed by atoms with Crippen LogP contribution in [0.2, 0.25) is 0 Å². The molecule has 0 saturated carbocycles. The van der Waals surface area contributed by atoms with Gasteiger partial charge in [0, 0.05) is 13.2 Å². The minimum absolute atomic E-state index is 0.292. The molecule has 0 aliphatic heterocycles. The van der Waals surface area contributed by atoms with Crippen LogP contribution in [0.1, 0.15) is 17.3 Å². The second-order valence-electron chi connectivity index (χ2n) is 3.91. The molecule has 0 aliphatic carbocycles. The fourth-order valence-corrected chi connectivity index (χ4v) is 1.57. The third kappa shape index (κ3) is 3.01. The van der Waals surface area contributed by atoms with Crippen molar-refractivity contribution in [2.45, 2.75) is 6.92 Å². The first-order valence-electron chi connectivity index (χ1n) is 5.78. The molecule has 19 heavy (non-hydrogen) atoms. The predicted octanol–water partition coefficient (Wildman–Crippen LogP) is 1.32. The Labute approximate surface area is 110 Å². The smallest absolute Gasteiger partial charge is 0.341 e. The summed E-state index contributed by atoms with van der Waals surface area (Å²) in [4.78, 5) is 15.9. The monoisotopic (exact) mass is 261 g/mol. The fourth-order valence-electron chi connectivity index (χ4n) is 1.57. The first kappa shape index (κ1) is 12.9. The number of nitrogens with zero attached hydrogens (tertiary/aromatic N) is 3. The molecule has 2 rings (SSSR count). The van der Waals surface area contributed by atoms with Gasteiger partial charge in [-0.15, -0.1) is 0 Å². The second-order valence-corrected chi connectivity index (χ2v) is 3.91. The number of rotatable bonds is 4. The molecule has 0 aromatic carbocycles. The third-order valence-electron chi connectivity index (χ3n) is 2.37. The van der Waals surface area contributed by atoms with Crippen LogP contribution in [0, 0.1) is 0 Å². The van der Waals surface area contributed by atoms with Gasteiger partial charge in [0.15, 0.2) is 0 Å². The average molecular weight is 261 g/mol. The van der Waals surface area contributed by atoms with E-state index in [2.05, 4.69) is 15.4 Å². The number of hydrogen-bond donors (Lipinski definition) is 2. The molecule has 0 aliphatic rings. The van der Waals surface area contributed by atoms with Crippen molar-refractivity contribution in [3.05, 3.63) is 30.2 Å². The van der Waals surface area contributed by atoms with E-state index < -0.39 is 5.97 Å². The summed E-state index contributed by atoms with van der Waals surface area (Å²) in [5, 5.41) is 7.04. The number of nitrogens with two attached hydrogens (primary N) is 1. The van der Waals surface area contributed by atoms with Gasteiger partial charge in [0.1, 0.15) is 11.4 Å². The van der Waals surface area contributed by atoms with Gasteiger partial charge in [0.2, 0.25) is 0 Å². The SMILES string of the molecule is CCOC(=O)c1cc(N)cnc1Nc1cnn(C)c1. The highest BCUT2D eigenvalue weighted by molar-refractivity contribution is 5.96. The maximum atomic E-state index is 11.8. The van der Waals surface area contributed by atoms with Gasteiger partial charge in [-0.2, -0.15) is 5.10 Å². The number of carbonyl (C=O) groups excluding carboxylic acids is 1. The van der Waals surface area contributed by atoms with Crippen LogP contribution in [0.3, 0.4) is 0 Å². The Morgan fingerprint density at radius 3 is 2.95 bits per heavy atom. The van der Waals surface area contributed by atoms with Crippen molar-refractivity contribution in [1.29, 1.82) is 0 Å². The van der Waals surface area contributed by atoms with Gasteiger partial charge in [-0.1, -0.05) is 0 Å². The number of carbonyl (C=O) groups is 1. The van der Waals surface area contributed by atoms with Gasteiger partial charge >= 0.3 is 5.97 Å². The number of aryl methyl sites for hydroxylation is 1. The number of aromatic nitrogens is 3. The lowest BCUT2D eigenvalue weighted by molar-refractivity contribution is 0.0527. The highest BCUT2D eigenvalue weighted by Crippen LogP contribution is 2.20. The van der Waals surface area contributed by atoms with Crippen molar-refractivity contribution in [1.82, 2.24) is 14.8 Å². The minimum Gasteiger partial charge on any atom is -0.462 e. The molecule has 3 N–H and O–H groups in total. The average Bonchev–Trinajstić information content (AvgIpc) is 2.77. The summed E-state index contributed by atoms with van der Waals surface area (Å²) in [7, 11) is 1.80. The van der Waals surface area contributed by atoms with E-state index in [1.54, 1.807) is 31.0 Å². The van der Waals surface area contributed by atoms with Crippen LogP contribution in [0.5, 0.6) is 0 Å². The topological polar surface area (TPSA) is 95.1 Å². The van der Waals surface area contributed by atoms with Crippen LogP contribution in [-0.2, 0) is 11.8 Å². The highest BCUT2D eigenvalue weighted by atomic mass is 16.5. The van der Waals surface area contributed by atoms with Gasteiger partial charge in [0.25, 0.3) is 0 Å². The van der Waals surface area contributed by atoms with Crippen molar-refractivity contribution in [2.24, 2.45) is 7.05 Å². The summed E-state index contributed by atoms with van der Waals surface area (Å²) in [6, 6.07) is 1.53. The summed E-state index contributed by atoms with van der Waals surface area (Å²) in [6.07, 6.45) is 4.88. The zero-order valence-corrected chi connectivity index (χ0v) is 10.8. The van der Waals surface area contributed by atoms with Crippen LogP contribution in [-0.4, -0.2) is 27.3 Å². The van der Waals surface area contributed by atoms with E-state index in [1.807, 2.05) is 0 Å². The Kier molecular flexibility index (Phi) is 3.65. The molecule has 7 heteroatoms. The number of ether oxygens (including phenoxy) is 1. The molecule has 2 aromatic rings. The van der Waals surface area contributed by atoms with E-state index in [-0.39, 0.29) is 0 Å². The Balaban J connectivity index is 2.31. The van der Waals surface area contributed by atoms with Crippen LogP contribution >= 0.6 is 0 Å². The molecule has 2 heterocycles. The Morgan fingerprint density at radius 2 is 2.32 bits per heavy atom. The maximum absolute atomic E-state index is 11.8. The molecule has 100 valence electrons. The molecule has 0 spiro atoms. The van der Waals surface area contributed by atoms with E-state index in [0.717, 1.165) is 5.69 Å². The number of nitrogens with one attached hydrogen (secondary N) is 1. The molecular formula is C12H15N5O2. The number of pyridine rings is 1. The molecule has 0 unspecified atom stereocenters. The largest absolute Gasteiger partial charge is 0.462 e. The van der Waals surface area contributed by atoms with E-state index in [9.17, 15) is 4.79 Å². The van der Waals surface area contributed by atoms with Crippen LogP contribution in [0.15, 0.2) is 24.7 Å². The zero-order chi connectivity index (χ0) is 13.8. The van der Waals surface area contributed by atoms with Crippen LogP contribution in [0.25, 0.3) is 0 Å². The molecule has 0 bridgehead atoms. The number of hydrogen-bond acceptors (Lipinski definition) is 6. The summed E-state index contributed by atoms with van der Waals surface area (Å²) in [5.74, 6) is -0.0747. The van der Waals surface area contributed by atoms with Crippen molar-refractivity contribution >= 4 is 23.2 Å². The Bertz CT molecular complexity index is 594. The molecule has 0 atom stereocenters. The molecule has 2 aromatic heterocycles. The van der Waals surface area contributed by atoms with Gasteiger partial charge in [-0.25, -0.2) is 9.78 Å². The van der Waals surface area contributed by atoms with E-state index >= 15 is 0 Å². The first-order valence-corrected chi connectivity index (χ1v) is 5.78. The predicted molar refractivity (Wildman–Crippen MR) is 71.1 cm³/mol. The summed E-state index contributed by atoms with van der Waals surface area (Å²) >= 11 is 0. The van der Waals surface area contributed by atoms with E-state index in [0.29, 0.717) is 23.7 Å². The normalized spacial score (nSPS) is 10.2. The summed E-state index contributed by atoms with van der Waals surface area (Å²) in [6.45, 7) is 2.03. The van der Waals surface area contributed by atoms with Crippen LogP contribution < -0.4 is 11.1 Å². The molecule has 0 radical (unpaired) electrons. The maximum Gasteiger partial charge on any atom is 0.341 e.